The van der Waals surface area contributed by atoms with Crippen molar-refractivity contribution in [2.24, 2.45) is 0 Å². The van der Waals surface area contributed by atoms with Crippen LogP contribution in [0.3, 0.4) is 0 Å². The van der Waals surface area contributed by atoms with E-state index in [0.717, 1.165) is 51.4 Å². The number of ether oxygens (including phenoxy) is 2. The highest BCUT2D eigenvalue weighted by molar-refractivity contribution is 5.76. The van der Waals surface area contributed by atoms with E-state index in [-0.39, 0.29) is 38.3 Å². The molecular weight excluding hydrogens is 422 g/mol. The molecule has 0 aromatic rings. The molecule has 0 aliphatic carbocycles. The Morgan fingerprint density at radius 2 is 1.36 bits per heavy atom. The van der Waals surface area contributed by atoms with Gasteiger partial charge in [-0.2, -0.15) is 0 Å². The number of aliphatic hydroxyl groups is 3. The van der Waals surface area contributed by atoms with Gasteiger partial charge in [0.2, 0.25) is 5.91 Å². The van der Waals surface area contributed by atoms with Gasteiger partial charge in [0.1, 0.15) is 0 Å². The molecule has 1 amide bonds. The normalized spacial score (nSPS) is 13.2. The Bertz CT molecular complexity index is 418. The molecule has 2 atom stereocenters. The van der Waals surface area contributed by atoms with E-state index < -0.39 is 6.10 Å². The van der Waals surface area contributed by atoms with Gasteiger partial charge in [-0.3, -0.25) is 4.79 Å². The first-order valence-electron chi connectivity index (χ1n) is 13.5. The Kier molecular flexibility index (Phi) is 23.9. The largest absolute Gasteiger partial charge is 0.395 e. The van der Waals surface area contributed by atoms with Gasteiger partial charge in [0, 0.05) is 26.1 Å². The molecule has 2 unspecified atom stereocenters. The van der Waals surface area contributed by atoms with Crippen molar-refractivity contribution in [3.8, 4) is 0 Å². The minimum atomic E-state index is -0.417. The highest BCUT2D eigenvalue weighted by Crippen LogP contribution is 2.18. The third-order valence-corrected chi connectivity index (χ3v) is 6.02. The van der Waals surface area contributed by atoms with Gasteiger partial charge in [0.15, 0.2) is 0 Å². The van der Waals surface area contributed by atoms with Crippen LogP contribution >= 0.6 is 0 Å². The lowest BCUT2D eigenvalue weighted by molar-refractivity contribution is -0.132. The van der Waals surface area contributed by atoms with Crippen LogP contribution in [-0.2, 0) is 14.3 Å². The fourth-order valence-electron chi connectivity index (χ4n) is 4.02. The number of hydrogen-bond acceptors (Lipinski definition) is 6. The highest BCUT2D eigenvalue weighted by atomic mass is 16.5. The van der Waals surface area contributed by atoms with Crippen molar-refractivity contribution in [3.05, 3.63) is 0 Å². The zero-order chi connectivity index (χ0) is 24.6. The number of carbonyl (C=O) groups is 1. The van der Waals surface area contributed by atoms with Crippen LogP contribution in [0.25, 0.3) is 0 Å². The first-order chi connectivity index (χ1) is 16.1. The zero-order valence-electron chi connectivity index (χ0n) is 21.5. The van der Waals surface area contributed by atoms with Crippen molar-refractivity contribution in [3.63, 3.8) is 0 Å². The Labute approximate surface area is 202 Å². The average Bonchev–Trinajstić information content (AvgIpc) is 2.81. The maximum atomic E-state index is 12.1. The molecule has 0 radical (unpaired) electrons. The van der Waals surface area contributed by atoms with Crippen LogP contribution in [0.5, 0.6) is 0 Å². The molecular formula is C26H53NO6. The molecule has 0 rings (SSSR count). The van der Waals surface area contributed by atoms with E-state index in [0.29, 0.717) is 26.2 Å². The van der Waals surface area contributed by atoms with E-state index in [2.05, 4.69) is 6.92 Å². The van der Waals surface area contributed by atoms with Crippen molar-refractivity contribution >= 4 is 5.91 Å². The number of nitrogens with zero attached hydrogens (tertiary/aromatic N) is 1. The topological polar surface area (TPSA) is 99.5 Å². The Balaban J connectivity index is 4.11. The van der Waals surface area contributed by atoms with Gasteiger partial charge in [0.25, 0.3) is 0 Å². The molecule has 33 heavy (non-hydrogen) atoms. The molecule has 0 aliphatic rings. The molecule has 0 fully saturated rings. The van der Waals surface area contributed by atoms with Gasteiger partial charge in [-0.05, 0) is 26.2 Å². The number of carbonyl (C=O) groups excluding carboxylic acids is 1. The second kappa shape index (κ2) is 24.4. The third-order valence-electron chi connectivity index (χ3n) is 6.02. The van der Waals surface area contributed by atoms with Crippen molar-refractivity contribution in [1.29, 1.82) is 0 Å². The quantitative estimate of drug-likeness (QED) is 0.172. The van der Waals surface area contributed by atoms with Crippen molar-refractivity contribution < 1.29 is 29.6 Å². The van der Waals surface area contributed by atoms with Gasteiger partial charge < -0.3 is 29.7 Å². The molecule has 0 saturated heterocycles. The molecule has 0 bridgehead atoms. The Morgan fingerprint density at radius 3 is 1.97 bits per heavy atom. The molecule has 0 aromatic heterocycles. The van der Waals surface area contributed by atoms with E-state index in [4.69, 9.17) is 19.7 Å². The molecule has 7 nitrogen and oxygen atoms in total. The number of unbranched alkanes of at least 4 members (excludes halogenated alkanes) is 9. The first kappa shape index (κ1) is 32.3. The van der Waals surface area contributed by atoms with Gasteiger partial charge in [-0.25, -0.2) is 0 Å². The summed E-state index contributed by atoms with van der Waals surface area (Å²) in [6.07, 6.45) is 13.8. The van der Waals surface area contributed by atoms with Gasteiger partial charge in [0.05, 0.1) is 38.6 Å². The summed E-state index contributed by atoms with van der Waals surface area (Å²) in [4.78, 5) is 13.7. The van der Waals surface area contributed by atoms with Crippen LogP contribution < -0.4 is 0 Å². The van der Waals surface area contributed by atoms with E-state index in [1.165, 1.54) is 37.0 Å². The molecule has 0 saturated carbocycles. The smallest absolute Gasteiger partial charge is 0.222 e. The van der Waals surface area contributed by atoms with Gasteiger partial charge >= 0.3 is 0 Å². The Morgan fingerprint density at radius 1 is 0.788 bits per heavy atom. The third kappa shape index (κ3) is 19.3. The monoisotopic (exact) mass is 475 g/mol. The summed E-state index contributed by atoms with van der Waals surface area (Å²) >= 11 is 0. The van der Waals surface area contributed by atoms with Gasteiger partial charge in [-0.1, -0.05) is 71.1 Å². The second-order valence-electron chi connectivity index (χ2n) is 8.86. The van der Waals surface area contributed by atoms with Crippen LogP contribution in [0.15, 0.2) is 0 Å². The fraction of sp³-hybridized carbons (Fsp3) is 0.962. The standard InChI is InChI=1S/C26H53NO6/c1-3-5-6-7-9-12-15-24(30)25(33-23-22-32-4-2)16-13-10-8-11-14-17-26(31)27(18-20-28)19-21-29/h24-25,28-30H,3-23H2,1-2H3. The molecule has 0 aliphatic heterocycles. The van der Waals surface area contributed by atoms with Crippen LogP contribution in [0, 0.1) is 0 Å². The second-order valence-corrected chi connectivity index (χ2v) is 8.86. The summed E-state index contributed by atoms with van der Waals surface area (Å²) in [5.74, 6) is -0.00122. The van der Waals surface area contributed by atoms with Crippen molar-refractivity contribution in [1.82, 2.24) is 4.90 Å². The number of rotatable bonds is 25. The van der Waals surface area contributed by atoms with Crippen LogP contribution in [0.4, 0.5) is 0 Å². The first-order valence-corrected chi connectivity index (χ1v) is 13.5. The lowest BCUT2D eigenvalue weighted by Gasteiger charge is -2.24. The lowest BCUT2D eigenvalue weighted by Crippen LogP contribution is -2.35. The molecule has 7 heteroatoms. The van der Waals surface area contributed by atoms with Crippen LogP contribution in [0.1, 0.15) is 104 Å². The lowest BCUT2D eigenvalue weighted by atomic mass is 9.99. The van der Waals surface area contributed by atoms with Crippen LogP contribution in [0.2, 0.25) is 0 Å². The summed E-state index contributed by atoms with van der Waals surface area (Å²) in [5, 5.41) is 28.7. The van der Waals surface area contributed by atoms with E-state index in [1.54, 1.807) is 0 Å². The molecule has 0 heterocycles. The van der Waals surface area contributed by atoms with E-state index in [9.17, 15) is 9.90 Å². The predicted molar refractivity (Wildman–Crippen MR) is 133 cm³/mol. The molecule has 3 N–H and O–H groups in total. The fourth-order valence-corrected chi connectivity index (χ4v) is 4.02. The maximum Gasteiger partial charge on any atom is 0.222 e. The van der Waals surface area contributed by atoms with Gasteiger partial charge in [-0.15, -0.1) is 0 Å². The Hall–Kier alpha value is -0.730. The molecule has 0 aromatic carbocycles. The number of hydrogen-bond donors (Lipinski definition) is 3. The minimum absolute atomic E-state index is 0.00122. The summed E-state index contributed by atoms with van der Waals surface area (Å²) in [5.41, 5.74) is 0. The summed E-state index contributed by atoms with van der Waals surface area (Å²) in [7, 11) is 0. The van der Waals surface area contributed by atoms with Crippen molar-refractivity contribution in [2.75, 3.05) is 46.1 Å². The summed E-state index contributed by atoms with van der Waals surface area (Å²) in [6, 6.07) is 0. The minimum Gasteiger partial charge on any atom is -0.395 e. The summed E-state index contributed by atoms with van der Waals surface area (Å²) in [6.45, 7) is 6.36. The SMILES string of the molecule is CCCCCCCCC(O)C(CCCCCCCC(=O)N(CCO)CCO)OCCOCC. The maximum absolute atomic E-state index is 12.1. The van der Waals surface area contributed by atoms with E-state index in [1.807, 2.05) is 6.92 Å². The number of aliphatic hydroxyl groups excluding tert-OH is 3. The van der Waals surface area contributed by atoms with E-state index >= 15 is 0 Å². The highest BCUT2D eigenvalue weighted by Gasteiger charge is 2.19. The van der Waals surface area contributed by atoms with Crippen LogP contribution in [-0.4, -0.2) is 84.5 Å². The zero-order valence-corrected chi connectivity index (χ0v) is 21.5. The number of amides is 1. The molecule has 0 spiro atoms. The summed E-state index contributed by atoms with van der Waals surface area (Å²) < 4.78 is 11.3. The average molecular weight is 476 g/mol. The molecule has 198 valence electrons. The predicted octanol–water partition coefficient (Wildman–Crippen LogP) is 4.06. The van der Waals surface area contributed by atoms with Crippen molar-refractivity contribution in [2.45, 2.75) is 116 Å².